The van der Waals surface area contributed by atoms with E-state index in [1.54, 1.807) is 25.1 Å². The Kier molecular flexibility index (Phi) is 6.58. The van der Waals surface area contributed by atoms with E-state index >= 15 is 0 Å². The molecule has 0 saturated heterocycles. The summed E-state index contributed by atoms with van der Waals surface area (Å²) in [6, 6.07) is 15.1. The molecule has 0 bridgehead atoms. The highest BCUT2D eigenvalue weighted by atomic mass is 35.5. The maximum absolute atomic E-state index is 11.9. The van der Waals surface area contributed by atoms with Crippen LogP contribution in [0.5, 0.6) is 0 Å². The zero-order valence-corrected chi connectivity index (χ0v) is 15.1. The Morgan fingerprint density at radius 2 is 1.96 bits per heavy atom. The van der Waals surface area contributed by atoms with Crippen molar-refractivity contribution >= 4 is 40.6 Å². The summed E-state index contributed by atoms with van der Waals surface area (Å²) in [5, 5.41) is 7.07. The van der Waals surface area contributed by atoms with Gasteiger partial charge < -0.3 is 15.4 Å². The van der Waals surface area contributed by atoms with Gasteiger partial charge in [0.2, 0.25) is 0 Å². The van der Waals surface area contributed by atoms with E-state index in [-0.39, 0.29) is 6.04 Å². The molecule has 0 aliphatic rings. The van der Waals surface area contributed by atoms with Crippen LogP contribution < -0.4 is 10.6 Å². The van der Waals surface area contributed by atoms with E-state index in [9.17, 15) is 4.79 Å². The number of anilines is 1. The van der Waals surface area contributed by atoms with Crippen LogP contribution in [0.15, 0.2) is 48.5 Å². The van der Waals surface area contributed by atoms with E-state index in [0.29, 0.717) is 28.0 Å². The van der Waals surface area contributed by atoms with Gasteiger partial charge in [-0.25, -0.2) is 4.79 Å². The van der Waals surface area contributed by atoms with Gasteiger partial charge in [0.15, 0.2) is 5.11 Å². The number of benzene rings is 2. The first kappa shape index (κ1) is 18.2. The van der Waals surface area contributed by atoms with Gasteiger partial charge in [0.25, 0.3) is 0 Å². The van der Waals surface area contributed by atoms with Gasteiger partial charge in [0.1, 0.15) is 0 Å². The number of nitrogens with one attached hydrogen (secondary N) is 2. The number of carbonyl (C=O) groups is 1. The summed E-state index contributed by atoms with van der Waals surface area (Å²) < 4.78 is 4.99. The fourth-order valence-corrected chi connectivity index (χ4v) is 2.65. The van der Waals surface area contributed by atoms with Crippen molar-refractivity contribution in [1.29, 1.82) is 0 Å². The van der Waals surface area contributed by atoms with Crippen LogP contribution in [0, 0.1) is 0 Å². The van der Waals surface area contributed by atoms with Crippen LogP contribution in [0.3, 0.4) is 0 Å². The second-order valence-corrected chi connectivity index (χ2v) is 5.96. The third-order valence-corrected chi connectivity index (χ3v) is 3.92. The van der Waals surface area contributed by atoms with Crippen molar-refractivity contribution in [2.24, 2.45) is 0 Å². The van der Waals surface area contributed by atoms with E-state index in [0.717, 1.165) is 5.56 Å². The lowest BCUT2D eigenvalue weighted by molar-refractivity contribution is 0.0526. The molecule has 0 amide bonds. The molecular weight excluding hydrogens is 344 g/mol. The average molecular weight is 363 g/mol. The Morgan fingerprint density at radius 1 is 1.25 bits per heavy atom. The monoisotopic (exact) mass is 362 g/mol. The van der Waals surface area contributed by atoms with E-state index in [4.69, 9.17) is 28.6 Å². The highest BCUT2D eigenvalue weighted by Crippen LogP contribution is 2.22. The molecule has 0 aliphatic carbocycles. The van der Waals surface area contributed by atoms with Crippen molar-refractivity contribution in [3.8, 4) is 0 Å². The van der Waals surface area contributed by atoms with Crippen molar-refractivity contribution in [1.82, 2.24) is 5.32 Å². The molecule has 0 unspecified atom stereocenters. The van der Waals surface area contributed by atoms with E-state index in [2.05, 4.69) is 10.6 Å². The number of thiocarbonyl (C=S) groups is 1. The predicted molar refractivity (Wildman–Crippen MR) is 102 cm³/mol. The van der Waals surface area contributed by atoms with Gasteiger partial charge in [-0.1, -0.05) is 41.9 Å². The summed E-state index contributed by atoms with van der Waals surface area (Å²) in [5.74, 6) is -0.456. The zero-order chi connectivity index (χ0) is 17.5. The summed E-state index contributed by atoms with van der Waals surface area (Å²) in [6.07, 6.45) is 0. The van der Waals surface area contributed by atoms with Gasteiger partial charge in [-0.3, -0.25) is 0 Å². The average Bonchev–Trinajstić information content (AvgIpc) is 2.57. The normalized spacial score (nSPS) is 11.5. The molecule has 2 aromatic rings. The van der Waals surface area contributed by atoms with Gasteiger partial charge in [0.05, 0.1) is 23.2 Å². The summed E-state index contributed by atoms with van der Waals surface area (Å²) >= 11 is 11.4. The van der Waals surface area contributed by atoms with Crippen molar-refractivity contribution in [3.05, 3.63) is 64.7 Å². The molecule has 4 nitrogen and oxygen atoms in total. The smallest absolute Gasteiger partial charge is 0.339 e. The van der Waals surface area contributed by atoms with Crippen molar-refractivity contribution < 1.29 is 9.53 Å². The molecule has 0 heterocycles. The number of carbonyl (C=O) groups excluding carboxylic acids is 1. The lowest BCUT2D eigenvalue weighted by atomic mass is 10.1. The zero-order valence-electron chi connectivity index (χ0n) is 13.5. The predicted octanol–water partition coefficient (Wildman–Crippen LogP) is 4.56. The number of ether oxygens (including phenoxy) is 1. The fraction of sp³-hybridized carbons (Fsp3) is 0.222. The molecule has 0 radical (unpaired) electrons. The van der Waals surface area contributed by atoms with Crippen LogP contribution >= 0.6 is 23.8 Å². The molecule has 0 saturated carbocycles. The highest BCUT2D eigenvalue weighted by molar-refractivity contribution is 7.80. The Bertz CT molecular complexity index is 722. The molecule has 0 fully saturated rings. The first-order valence-electron chi connectivity index (χ1n) is 7.60. The van der Waals surface area contributed by atoms with Crippen molar-refractivity contribution in [2.45, 2.75) is 19.9 Å². The summed E-state index contributed by atoms with van der Waals surface area (Å²) in [5.41, 5.74) is 2.10. The van der Waals surface area contributed by atoms with Gasteiger partial charge in [-0.05, 0) is 49.8 Å². The minimum absolute atomic E-state index is 0.0584. The minimum atomic E-state index is -0.456. The molecule has 0 spiro atoms. The molecule has 126 valence electrons. The SMILES string of the molecule is CCOC(=O)c1cc(NC(=S)N[C@H](C)c2ccccc2)ccc1Cl. The van der Waals surface area contributed by atoms with E-state index in [1.807, 2.05) is 37.3 Å². The van der Waals surface area contributed by atoms with Crippen molar-refractivity contribution in [2.75, 3.05) is 11.9 Å². The van der Waals surface area contributed by atoms with Gasteiger partial charge in [0, 0.05) is 5.69 Å². The molecular formula is C18H19ClN2O2S. The Morgan fingerprint density at radius 3 is 2.62 bits per heavy atom. The Balaban J connectivity index is 2.04. The number of halogens is 1. The maximum atomic E-state index is 11.9. The standard InChI is InChI=1S/C18H19ClN2O2S/c1-3-23-17(22)15-11-14(9-10-16(15)19)21-18(24)20-12(2)13-7-5-4-6-8-13/h4-12H,3H2,1-2H3,(H2,20,21,24)/t12-/m1/s1. The quantitative estimate of drug-likeness (QED) is 0.603. The van der Waals surface area contributed by atoms with E-state index in [1.165, 1.54) is 0 Å². The summed E-state index contributed by atoms with van der Waals surface area (Å²) in [6.45, 7) is 4.06. The van der Waals surface area contributed by atoms with E-state index < -0.39 is 5.97 Å². The third-order valence-electron chi connectivity index (χ3n) is 3.37. The molecule has 0 aromatic heterocycles. The molecule has 1 atom stereocenters. The summed E-state index contributed by atoms with van der Waals surface area (Å²) in [4.78, 5) is 11.9. The molecule has 0 aliphatic heterocycles. The fourth-order valence-electron chi connectivity index (χ4n) is 2.16. The number of hydrogen-bond donors (Lipinski definition) is 2. The Labute approximate surface area is 152 Å². The maximum Gasteiger partial charge on any atom is 0.339 e. The topological polar surface area (TPSA) is 50.4 Å². The lowest BCUT2D eigenvalue weighted by Gasteiger charge is -2.17. The molecule has 24 heavy (non-hydrogen) atoms. The highest BCUT2D eigenvalue weighted by Gasteiger charge is 2.13. The van der Waals surface area contributed by atoms with Crippen LogP contribution in [0.2, 0.25) is 5.02 Å². The molecule has 6 heteroatoms. The largest absolute Gasteiger partial charge is 0.462 e. The van der Waals surface area contributed by atoms with Crippen LogP contribution in [-0.2, 0) is 4.74 Å². The Hall–Kier alpha value is -2.11. The second kappa shape index (κ2) is 8.66. The molecule has 2 N–H and O–H groups in total. The van der Waals surface area contributed by atoms with Gasteiger partial charge in [-0.15, -0.1) is 0 Å². The third kappa shape index (κ3) is 4.94. The number of hydrogen-bond acceptors (Lipinski definition) is 3. The summed E-state index contributed by atoms with van der Waals surface area (Å²) in [7, 11) is 0. The minimum Gasteiger partial charge on any atom is -0.462 e. The van der Waals surface area contributed by atoms with Gasteiger partial charge >= 0.3 is 5.97 Å². The van der Waals surface area contributed by atoms with Crippen LogP contribution in [0.1, 0.15) is 35.8 Å². The van der Waals surface area contributed by atoms with Crippen LogP contribution in [-0.4, -0.2) is 17.7 Å². The molecule has 2 aromatic carbocycles. The first-order chi connectivity index (χ1) is 11.5. The number of esters is 1. The number of rotatable bonds is 5. The first-order valence-corrected chi connectivity index (χ1v) is 8.39. The van der Waals surface area contributed by atoms with Crippen molar-refractivity contribution in [3.63, 3.8) is 0 Å². The van der Waals surface area contributed by atoms with Crippen LogP contribution in [0.4, 0.5) is 5.69 Å². The molecule has 2 rings (SSSR count). The van der Waals surface area contributed by atoms with Crippen LogP contribution in [0.25, 0.3) is 0 Å². The van der Waals surface area contributed by atoms with Gasteiger partial charge in [-0.2, -0.15) is 0 Å². The lowest BCUT2D eigenvalue weighted by Crippen LogP contribution is -2.30. The second-order valence-electron chi connectivity index (χ2n) is 5.15.